The molecule has 6 aromatic rings. The third kappa shape index (κ3) is 42.7. The highest BCUT2D eigenvalue weighted by atomic mass is 32.2. The van der Waals surface area contributed by atoms with E-state index in [1.165, 1.54) is 58.8 Å². The Kier molecular flexibility index (Phi) is 43.5. The summed E-state index contributed by atoms with van der Waals surface area (Å²) >= 11 is 1.47. The first-order chi connectivity index (χ1) is 49.7. The Morgan fingerprint density at radius 3 is 1.03 bits per heavy atom. The number of hydrogen-bond donors (Lipinski definition) is 14. The fourth-order valence-electron chi connectivity index (χ4n) is 7.96. The zero-order chi connectivity index (χ0) is 80.2. The van der Waals surface area contributed by atoms with Crippen molar-refractivity contribution < 1.29 is 102 Å². The van der Waals surface area contributed by atoms with E-state index in [9.17, 15) is 67.1 Å². The molecule has 0 aliphatic heterocycles. The lowest BCUT2D eigenvalue weighted by Gasteiger charge is -2.08. The predicted octanol–water partition coefficient (Wildman–Crippen LogP) is 3.41. The number of ketones is 5. The fourth-order valence-corrected chi connectivity index (χ4v) is 8.66. The average molecular weight is 1490 g/mol. The van der Waals surface area contributed by atoms with Gasteiger partial charge in [-0.3, -0.25) is 67.1 Å². The van der Waals surface area contributed by atoms with Crippen molar-refractivity contribution in [2.45, 2.75) is 128 Å². The molecule has 0 heterocycles. The van der Waals surface area contributed by atoms with E-state index in [-0.39, 0.29) is 98.3 Å². The number of carbonyl (C=O) groups excluding carboxylic acids is 8. The molecule has 6 aromatic carbocycles. The van der Waals surface area contributed by atoms with Gasteiger partial charge in [0, 0.05) is 36.1 Å². The maximum Gasteiger partial charge on any atom is 0.320 e. The van der Waals surface area contributed by atoms with Crippen molar-refractivity contribution in [1.29, 1.82) is 0 Å². The summed E-state index contributed by atoms with van der Waals surface area (Å²) in [6.45, 7) is 8.51. The van der Waals surface area contributed by atoms with Gasteiger partial charge in [-0.2, -0.15) is 5.10 Å². The first-order valence-electron chi connectivity index (χ1n) is 32.1. The van der Waals surface area contributed by atoms with Gasteiger partial charge in [-0.25, -0.2) is 10.4 Å². The van der Waals surface area contributed by atoms with Gasteiger partial charge >= 0.3 is 35.8 Å². The average Bonchev–Trinajstić information content (AvgIpc) is 0.906. The number of benzene rings is 6. The molecule has 6 unspecified atom stereocenters. The number of nitrogens with zero attached hydrogens (tertiary/aromatic N) is 2. The van der Waals surface area contributed by atoms with Crippen LogP contribution >= 0.6 is 11.8 Å². The second-order valence-corrected chi connectivity index (χ2v) is 24.5. The van der Waals surface area contributed by atoms with Gasteiger partial charge in [-0.1, -0.05) is 109 Å². The molecule has 3 amide bonds. The number of aliphatic carboxylic acids is 6. The number of hydrogen-bond acceptors (Lipinski definition) is 23. The number of thioether (sulfide) groups is 1. The highest BCUT2D eigenvalue weighted by Crippen LogP contribution is 2.19. The molecule has 31 nitrogen and oxygen atoms in total. The van der Waals surface area contributed by atoms with E-state index in [4.69, 9.17) is 69.8 Å². The molecule has 106 heavy (non-hydrogen) atoms. The molecule has 0 fully saturated rings. The smallest absolute Gasteiger partial charge is 0.320 e. The van der Waals surface area contributed by atoms with Crippen LogP contribution in [0.2, 0.25) is 0 Å². The van der Waals surface area contributed by atoms with Crippen LogP contribution in [-0.4, -0.2) is 181 Å². The summed E-state index contributed by atoms with van der Waals surface area (Å²) in [6, 6.07) is 35.8. The van der Waals surface area contributed by atoms with E-state index in [0.29, 0.717) is 29.1 Å². The summed E-state index contributed by atoms with van der Waals surface area (Å²) in [5.74, 6) is -6.49. The molecule has 6 rings (SSSR count). The predicted molar refractivity (Wildman–Crippen MR) is 394 cm³/mol. The monoisotopic (exact) mass is 1490 g/mol. The minimum absolute atomic E-state index is 0.00945. The third-order valence-electron chi connectivity index (χ3n) is 13.6. The summed E-state index contributed by atoms with van der Waals surface area (Å²) in [4.78, 5) is 156. The van der Waals surface area contributed by atoms with Gasteiger partial charge in [0.1, 0.15) is 66.0 Å². The number of nitrogens with one attached hydrogen (secondary N) is 2. The molecule has 0 saturated carbocycles. The number of hydrazone groups is 1. The molecule has 0 saturated heterocycles. The third-order valence-corrected chi connectivity index (χ3v) is 14.7. The minimum Gasteiger partial charge on any atom is -0.486 e. The zero-order valence-electron chi connectivity index (χ0n) is 59.1. The van der Waals surface area contributed by atoms with E-state index in [2.05, 4.69) is 20.8 Å². The normalized spacial score (nSPS) is 12.1. The number of aliphatic imine (C=N–C) groups is 1. The molecule has 0 bridgehead atoms. The lowest BCUT2D eigenvalue weighted by molar-refractivity contribution is -0.139. The molecular weight excluding hydrogens is 1400 g/mol. The van der Waals surface area contributed by atoms with Crippen LogP contribution in [0.1, 0.15) is 113 Å². The number of rotatable bonds is 33. The molecular formula is C74H90N10O21S. The Bertz CT molecular complexity index is 3890. The van der Waals surface area contributed by atoms with Gasteiger partial charge in [-0.05, 0) is 147 Å². The molecule has 0 aromatic heterocycles. The van der Waals surface area contributed by atoms with Crippen LogP contribution in [0.15, 0.2) is 161 Å². The number of Topliss-reactive ketones (excluding diaryl/α,β-unsaturated/α-hetero) is 5. The van der Waals surface area contributed by atoms with Gasteiger partial charge in [0.15, 0.2) is 11.6 Å². The van der Waals surface area contributed by atoms with Gasteiger partial charge in [0.05, 0.1) is 24.9 Å². The molecule has 20 N–H and O–H groups in total. The van der Waals surface area contributed by atoms with Crippen LogP contribution in [0.25, 0.3) is 0 Å². The first-order valence-corrected chi connectivity index (χ1v) is 33.1. The van der Waals surface area contributed by atoms with Crippen LogP contribution in [-0.2, 0) is 96.1 Å². The largest absolute Gasteiger partial charge is 0.486 e. The van der Waals surface area contributed by atoms with Crippen molar-refractivity contribution in [3.8, 4) is 5.75 Å². The topological polar surface area (TPSA) is 574 Å². The Labute approximate surface area is 615 Å². The van der Waals surface area contributed by atoms with E-state index >= 15 is 0 Å². The summed E-state index contributed by atoms with van der Waals surface area (Å²) in [5, 5.41) is 58.2. The molecule has 32 heteroatoms. The van der Waals surface area contributed by atoms with Gasteiger partial charge in [-0.15, -0.1) is 11.8 Å². The van der Waals surface area contributed by atoms with E-state index in [1.807, 2.05) is 24.3 Å². The maximum atomic E-state index is 11.6. The summed E-state index contributed by atoms with van der Waals surface area (Å²) < 4.78 is 5.18. The van der Waals surface area contributed by atoms with Crippen molar-refractivity contribution in [3.63, 3.8) is 0 Å². The fraction of sp³-hybridized carbons (Fsp3) is 0.297. The number of carboxylic acid groups (broad SMARTS) is 6. The van der Waals surface area contributed by atoms with Crippen molar-refractivity contribution >= 4 is 107 Å². The number of ether oxygens (including phenoxy) is 1. The number of amides is 3. The lowest BCUT2D eigenvalue weighted by atomic mass is 10.0. The Morgan fingerprint density at radius 1 is 0.406 bits per heavy atom. The molecule has 0 aliphatic rings. The maximum absolute atomic E-state index is 11.6. The van der Waals surface area contributed by atoms with Crippen molar-refractivity contribution in [3.05, 3.63) is 201 Å². The highest BCUT2D eigenvalue weighted by Gasteiger charge is 2.18. The van der Waals surface area contributed by atoms with E-state index in [1.54, 1.807) is 128 Å². The quantitative estimate of drug-likeness (QED) is 0.00923. The van der Waals surface area contributed by atoms with Crippen LogP contribution in [0, 0.1) is 0 Å². The SMILES string of the molecule is CC(=O)CC(=O)c1ccc(CC(N)C(=O)O)cc1.CC(=O)CNC(=O)c1ccc(CC(N)C(=O)O)cc1.CC(=O)COc1ccc(CC(N)C(=O)O)cc1.CC(=O)CSc1ccc(CC(N)C(=O)O)cc1.CC(=O)N/N=C/c1ccc(CC(N)C(=O)O)cc1.CC(=O)N=Cc1ccc(CC(N)C(=O)O)cc1. The van der Waals surface area contributed by atoms with E-state index < -0.39 is 72.1 Å². The van der Waals surface area contributed by atoms with Crippen molar-refractivity contribution in [2.24, 2.45) is 44.5 Å². The van der Waals surface area contributed by atoms with Crippen molar-refractivity contribution in [1.82, 2.24) is 10.7 Å². The molecule has 568 valence electrons. The Hall–Kier alpha value is -11.7. The Balaban J connectivity index is 0.000000636. The highest BCUT2D eigenvalue weighted by molar-refractivity contribution is 8.00. The van der Waals surface area contributed by atoms with Crippen LogP contribution < -0.4 is 49.9 Å². The molecule has 0 spiro atoms. The second-order valence-electron chi connectivity index (χ2n) is 23.4. The molecule has 0 radical (unpaired) electrons. The Morgan fingerprint density at radius 2 is 0.726 bits per heavy atom. The number of carbonyl (C=O) groups is 14. The summed E-state index contributed by atoms with van der Waals surface area (Å²) in [7, 11) is 0. The van der Waals surface area contributed by atoms with Crippen molar-refractivity contribution in [2.75, 3.05) is 18.9 Å². The number of carboxylic acids is 6. The summed E-state index contributed by atoms with van der Waals surface area (Å²) in [5.41, 5.74) is 42.1. The van der Waals surface area contributed by atoms with Crippen LogP contribution in [0.5, 0.6) is 5.75 Å². The minimum atomic E-state index is -1.07. The number of nitrogens with two attached hydrogens (primary N) is 6. The lowest BCUT2D eigenvalue weighted by Crippen LogP contribution is -2.32. The standard InChI is InChI=1S/C13H16N2O4.C13H15NO4.C12H15N3O3.C12H14N2O3.C12H15NO4.C12H15NO3S/c1-8(16)7-15-12(17)10-4-2-9(3-5-10)6-11(14)13(18)19;1-8(15)6-12(16)10-4-2-9(3-5-10)7-11(14)13(17)18;1-8(16)15-14-7-10-4-2-9(3-5-10)6-11(13)12(17)18;1-8(15)14-7-10-4-2-9(3-5-10)6-11(13)12(16)17;2*1-8(14)7-17-10-4-2-9(3-5-10)6-11(13)12(15)16/h2-5,11H,6-7,14H2,1H3,(H,15,17)(H,18,19);2-5,11H,6-7,14H2,1H3,(H,17,18);2-5,7,11H,6,13H2,1H3,(H,15,16)(H,17,18);2-5,7,11H,6,13H2,1H3,(H,16,17);2*2-5,11H,6-7,13H2,1H3,(H,15,16)/b;;14-7+;;;. The summed E-state index contributed by atoms with van der Waals surface area (Å²) in [6.07, 6.45) is 4.38. The van der Waals surface area contributed by atoms with Crippen LogP contribution in [0.4, 0.5) is 0 Å². The first kappa shape index (κ1) is 92.4. The van der Waals surface area contributed by atoms with Gasteiger partial charge in [0.2, 0.25) is 11.8 Å². The molecule has 0 aliphatic carbocycles. The molecule has 6 atom stereocenters. The zero-order valence-corrected chi connectivity index (χ0v) is 59.9. The van der Waals surface area contributed by atoms with Gasteiger partial charge < -0.3 is 75.1 Å². The van der Waals surface area contributed by atoms with Gasteiger partial charge in [0.25, 0.3) is 5.91 Å². The second kappa shape index (κ2) is 49.9. The van der Waals surface area contributed by atoms with E-state index in [0.717, 1.165) is 49.4 Å². The van der Waals surface area contributed by atoms with Crippen LogP contribution in [0.3, 0.4) is 0 Å².